The van der Waals surface area contributed by atoms with Crippen molar-refractivity contribution in [1.82, 2.24) is 10.2 Å². The molecule has 0 aromatic heterocycles. The maximum atomic E-state index is 5.69. The Labute approximate surface area is 106 Å². The van der Waals surface area contributed by atoms with Crippen molar-refractivity contribution in [3.05, 3.63) is 0 Å². The van der Waals surface area contributed by atoms with Crippen molar-refractivity contribution in [3.8, 4) is 0 Å². The molecule has 2 atom stereocenters. The summed E-state index contributed by atoms with van der Waals surface area (Å²) >= 11 is 0. The summed E-state index contributed by atoms with van der Waals surface area (Å²) in [6.45, 7) is 9.59. The summed E-state index contributed by atoms with van der Waals surface area (Å²) in [5.74, 6) is 0. The third-order valence-electron chi connectivity index (χ3n) is 4.18. The van der Waals surface area contributed by atoms with E-state index in [-0.39, 0.29) is 0 Å². The van der Waals surface area contributed by atoms with Crippen molar-refractivity contribution in [1.29, 1.82) is 0 Å². The first-order valence-electron chi connectivity index (χ1n) is 7.31. The number of rotatable bonds is 6. The second-order valence-corrected chi connectivity index (χ2v) is 5.77. The van der Waals surface area contributed by atoms with Gasteiger partial charge in [0.05, 0.1) is 12.7 Å². The minimum atomic E-state index is 0.368. The van der Waals surface area contributed by atoms with E-state index in [0.717, 1.165) is 37.8 Å². The summed E-state index contributed by atoms with van der Waals surface area (Å²) in [6, 6.07) is 2.39. The molecule has 2 fully saturated rings. The molecule has 0 saturated carbocycles. The fourth-order valence-electron chi connectivity index (χ4n) is 3.49. The van der Waals surface area contributed by atoms with Gasteiger partial charge in [0.1, 0.15) is 0 Å². The predicted octanol–water partition coefficient (Wildman–Crippen LogP) is 2.02. The minimum Gasteiger partial charge on any atom is -0.377 e. The van der Waals surface area contributed by atoms with Gasteiger partial charge in [0, 0.05) is 24.7 Å². The fourth-order valence-corrected chi connectivity index (χ4v) is 3.49. The van der Waals surface area contributed by atoms with Crippen LogP contribution in [0.5, 0.6) is 0 Å². The monoisotopic (exact) mass is 240 g/mol. The third kappa shape index (κ3) is 3.43. The van der Waals surface area contributed by atoms with Crippen LogP contribution in [0.1, 0.15) is 46.5 Å². The average molecular weight is 240 g/mol. The van der Waals surface area contributed by atoms with Gasteiger partial charge in [-0.05, 0) is 46.1 Å². The van der Waals surface area contributed by atoms with Gasteiger partial charge < -0.3 is 10.1 Å². The molecule has 2 aliphatic heterocycles. The number of piperidine rings is 1. The van der Waals surface area contributed by atoms with Gasteiger partial charge >= 0.3 is 0 Å². The lowest BCUT2D eigenvalue weighted by atomic mass is 9.97. The van der Waals surface area contributed by atoms with Gasteiger partial charge in [0.15, 0.2) is 0 Å². The molecule has 2 bridgehead atoms. The second kappa shape index (κ2) is 6.17. The SMILES string of the molecule is CCNC1CC2CCC(C1)N2CCOC(C)C. The van der Waals surface area contributed by atoms with Crippen molar-refractivity contribution >= 4 is 0 Å². The second-order valence-electron chi connectivity index (χ2n) is 5.77. The molecular weight excluding hydrogens is 212 g/mol. The predicted molar refractivity (Wildman–Crippen MR) is 71.3 cm³/mol. The molecule has 2 aliphatic rings. The molecular formula is C14H28N2O. The number of hydrogen-bond donors (Lipinski definition) is 1. The highest BCUT2D eigenvalue weighted by atomic mass is 16.5. The third-order valence-corrected chi connectivity index (χ3v) is 4.18. The quantitative estimate of drug-likeness (QED) is 0.769. The normalized spacial score (nSPS) is 33.5. The fraction of sp³-hybridized carbons (Fsp3) is 1.00. The Kier molecular flexibility index (Phi) is 4.83. The highest BCUT2D eigenvalue weighted by molar-refractivity contribution is 4.97. The number of nitrogens with one attached hydrogen (secondary N) is 1. The van der Waals surface area contributed by atoms with Crippen LogP contribution >= 0.6 is 0 Å². The Balaban J connectivity index is 1.78. The van der Waals surface area contributed by atoms with Crippen LogP contribution < -0.4 is 5.32 Å². The molecule has 2 heterocycles. The molecule has 1 N–H and O–H groups in total. The highest BCUT2D eigenvalue weighted by Gasteiger charge is 2.39. The molecule has 3 heteroatoms. The first kappa shape index (κ1) is 13.3. The number of ether oxygens (including phenoxy) is 1. The first-order valence-corrected chi connectivity index (χ1v) is 7.31. The standard InChI is InChI=1S/C14H28N2O/c1-4-15-12-9-13-5-6-14(10-12)16(13)7-8-17-11(2)3/h11-15H,4-10H2,1-3H3. The Morgan fingerprint density at radius 2 is 1.88 bits per heavy atom. The van der Waals surface area contributed by atoms with Gasteiger partial charge in [0.25, 0.3) is 0 Å². The lowest BCUT2D eigenvalue weighted by Gasteiger charge is -2.39. The summed E-state index contributed by atoms with van der Waals surface area (Å²) in [5, 5.41) is 3.62. The molecule has 2 unspecified atom stereocenters. The van der Waals surface area contributed by atoms with Gasteiger partial charge in [-0.25, -0.2) is 0 Å². The smallest absolute Gasteiger partial charge is 0.0597 e. The zero-order chi connectivity index (χ0) is 12.3. The van der Waals surface area contributed by atoms with E-state index in [1.807, 2.05) is 0 Å². The van der Waals surface area contributed by atoms with E-state index in [2.05, 4.69) is 31.0 Å². The summed E-state index contributed by atoms with van der Waals surface area (Å²) < 4.78 is 5.69. The molecule has 0 radical (unpaired) electrons. The highest BCUT2D eigenvalue weighted by Crippen LogP contribution is 2.35. The van der Waals surface area contributed by atoms with Crippen molar-refractivity contribution in [2.75, 3.05) is 19.7 Å². The molecule has 0 aliphatic carbocycles. The zero-order valence-electron chi connectivity index (χ0n) is 11.6. The summed E-state index contributed by atoms with van der Waals surface area (Å²) in [4.78, 5) is 2.70. The van der Waals surface area contributed by atoms with Crippen molar-refractivity contribution in [3.63, 3.8) is 0 Å². The van der Waals surface area contributed by atoms with Crippen LogP contribution in [0, 0.1) is 0 Å². The van der Waals surface area contributed by atoms with Gasteiger partial charge in [-0.3, -0.25) is 4.90 Å². The molecule has 17 heavy (non-hydrogen) atoms. The van der Waals surface area contributed by atoms with E-state index in [4.69, 9.17) is 4.74 Å². The molecule has 0 amide bonds. The molecule has 100 valence electrons. The molecule has 3 nitrogen and oxygen atoms in total. The number of hydrogen-bond acceptors (Lipinski definition) is 3. The molecule has 2 saturated heterocycles. The van der Waals surface area contributed by atoms with Crippen LogP contribution in [0.15, 0.2) is 0 Å². The number of nitrogens with zero attached hydrogens (tertiary/aromatic N) is 1. The van der Waals surface area contributed by atoms with Crippen molar-refractivity contribution < 1.29 is 4.74 Å². The molecule has 0 spiro atoms. The van der Waals surface area contributed by atoms with Crippen molar-refractivity contribution in [2.24, 2.45) is 0 Å². The number of fused-ring (bicyclic) bond motifs is 2. The summed E-state index contributed by atoms with van der Waals surface area (Å²) in [5.41, 5.74) is 0. The van der Waals surface area contributed by atoms with E-state index < -0.39 is 0 Å². The zero-order valence-corrected chi connectivity index (χ0v) is 11.6. The lowest BCUT2D eigenvalue weighted by molar-refractivity contribution is 0.0324. The maximum Gasteiger partial charge on any atom is 0.0597 e. The van der Waals surface area contributed by atoms with Gasteiger partial charge in [-0.1, -0.05) is 6.92 Å². The van der Waals surface area contributed by atoms with Crippen LogP contribution in [-0.4, -0.2) is 48.8 Å². The van der Waals surface area contributed by atoms with Crippen molar-refractivity contribution in [2.45, 2.75) is 70.7 Å². The van der Waals surface area contributed by atoms with Crippen LogP contribution in [0.4, 0.5) is 0 Å². The van der Waals surface area contributed by atoms with Crippen LogP contribution in [0.3, 0.4) is 0 Å². The molecule has 0 aromatic carbocycles. The van der Waals surface area contributed by atoms with E-state index in [9.17, 15) is 0 Å². The summed E-state index contributed by atoms with van der Waals surface area (Å²) in [6.07, 6.45) is 5.84. The lowest BCUT2D eigenvalue weighted by Crippen LogP contribution is -2.50. The van der Waals surface area contributed by atoms with E-state index in [1.165, 1.54) is 25.7 Å². The molecule has 2 rings (SSSR count). The maximum absolute atomic E-state index is 5.69. The largest absolute Gasteiger partial charge is 0.377 e. The van der Waals surface area contributed by atoms with E-state index in [0.29, 0.717) is 6.10 Å². The average Bonchev–Trinajstić information content (AvgIpc) is 2.52. The van der Waals surface area contributed by atoms with Gasteiger partial charge in [-0.15, -0.1) is 0 Å². The Hall–Kier alpha value is -0.120. The first-order chi connectivity index (χ1) is 8.20. The van der Waals surface area contributed by atoms with Crippen LogP contribution in [0.25, 0.3) is 0 Å². The molecule has 0 aromatic rings. The van der Waals surface area contributed by atoms with Crippen LogP contribution in [0.2, 0.25) is 0 Å². The topological polar surface area (TPSA) is 24.5 Å². The minimum absolute atomic E-state index is 0.368. The Morgan fingerprint density at radius 3 is 2.41 bits per heavy atom. The van der Waals surface area contributed by atoms with Gasteiger partial charge in [0.2, 0.25) is 0 Å². The van der Waals surface area contributed by atoms with E-state index in [1.54, 1.807) is 0 Å². The Bertz CT molecular complexity index is 218. The Morgan fingerprint density at radius 1 is 1.24 bits per heavy atom. The van der Waals surface area contributed by atoms with Crippen LogP contribution in [-0.2, 0) is 4.74 Å². The summed E-state index contributed by atoms with van der Waals surface area (Å²) in [7, 11) is 0. The van der Waals surface area contributed by atoms with E-state index >= 15 is 0 Å². The van der Waals surface area contributed by atoms with Gasteiger partial charge in [-0.2, -0.15) is 0 Å².